The normalized spacial score (nSPS) is 10.7. The van der Waals surface area contributed by atoms with Crippen molar-refractivity contribution in [3.63, 3.8) is 0 Å². The highest BCUT2D eigenvalue weighted by molar-refractivity contribution is 5.49. The molecule has 1 aromatic rings. The molecule has 1 heterocycles. The van der Waals surface area contributed by atoms with E-state index in [9.17, 15) is 0 Å². The first-order valence-electron chi connectivity index (χ1n) is 7.59. The van der Waals surface area contributed by atoms with Gasteiger partial charge < -0.3 is 19.7 Å². The van der Waals surface area contributed by atoms with Crippen LogP contribution < -0.4 is 10.2 Å². The first kappa shape index (κ1) is 17.7. The molecule has 0 spiro atoms. The Morgan fingerprint density at radius 2 is 1.76 bits per heavy atom. The minimum Gasteiger partial charge on any atom is -0.383 e. The van der Waals surface area contributed by atoms with Crippen LogP contribution in [0.2, 0.25) is 0 Å². The van der Waals surface area contributed by atoms with Gasteiger partial charge in [0, 0.05) is 46.3 Å². The summed E-state index contributed by atoms with van der Waals surface area (Å²) in [7, 11) is 3.42. The lowest BCUT2D eigenvalue weighted by Crippen LogP contribution is -2.31. The SMILES string of the molecule is CCCc1nc(NCC)cc(N(CCOC)CCOC)n1. The lowest BCUT2D eigenvalue weighted by molar-refractivity contribution is 0.190. The molecule has 6 heteroatoms. The highest BCUT2D eigenvalue weighted by Crippen LogP contribution is 2.16. The Morgan fingerprint density at radius 1 is 1.10 bits per heavy atom. The molecule has 6 nitrogen and oxygen atoms in total. The van der Waals surface area contributed by atoms with Crippen molar-refractivity contribution in [2.24, 2.45) is 0 Å². The molecule has 0 radical (unpaired) electrons. The van der Waals surface area contributed by atoms with Crippen molar-refractivity contribution in [2.75, 3.05) is 57.3 Å². The molecule has 120 valence electrons. The number of hydrogen-bond donors (Lipinski definition) is 1. The van der Waals surface area contributed by atoms with E-state index in [-0.39, 0.29) is 0 Å². The van der Waals surface area contributed by atoms with Crippen LogP contribution >= 0.6 is 0 Å². The topological polar surface area (TPSA) is 59.5 Å². The Hall–Kier alpha value is -1.40. The maximum Gasteiger partial charge on any atom is 0.134 e. The van der Waals surface area contributed by atoms with E-state index < -0.39 is 0 Å². The summed E-state index contributed by atoms with van der Waals surface area (Å²) in [5.74, 6) is 2.69. The van der Waals surface area contributed by atoms with Crippen molar-refractivity contribution in [2.45, 2.75) is 26.7 Å². The summed E-state index contributed by atoms with van der Waals surface area (Å²) in [6.07, 6.45) is 1.92. The van der Waals surface area contributed by atoms with E-state index in [0.717, 1.165) is 49.9 Å². The van der Waals surface area contributed by atoms with E-state index in [0.29, 0.717) is 13.2 Å². The Kier molecular flexibility index (Phi) is 8.69. The Labute approximate surface area is 127 Å². The molecule has 0 unspecified atom stereocenters. The van der Waals surface area contributed by atoms with Crippen LogP contribution in [0.4, 0.5) is 11.6 Å². The fraction of sp³-hybridized carbons (Fsp3) is 0.733. The predicted octanol–water partition coefficient (Wildman–Crippen LogP) is 1.96. The standard InChI is InChI=1S/C15H28N4O2/c1-5-7-13-17-14(16-6-2)12-15(18-13)19(8-10-20-3)9-11-21-4/h12H,5-11H2,1-4H3,(H,16,17,18). The number of methoxy groups -OCH3 is 2. The first-order chi connectivity index (χ1) is 10.2. The lowest BCUT2D eigenvalue weighted by Gasteiger charge is -2.24. The van der Waals surface area contributed by atoms with Crippen LogP contribution in [0.15, 0.2) is 6.07 Å². The van der Waals surface area contributed by atoms with Gasteiger partial charge in [-0.1, -0.05) is 6.92 Å². The summed E-state index contributed by atoms with van der Waals surface area (Å²) in [6, 6.07) is 1.99. The average Bonchev–Trinajstić information content (AvgIpc) is 2.48. The number of nitrogens with zero attached hydrogens (tertiary/aromatic N) is 3. The van der Waals surface area contributed by atoms with Gasteiger partial charge in [-0.3, -0.25) is 0 Å². The van der Waals surface area contributed by atoms with Crippen LogP contribution in [0, 0.1) is 0 Å². The van der Waals surface area contributed by atoms with Gasteiger partial charge in [0.2, 0.25) is 0 Å². The van der Waals surface area contributed by atoms with Crippen LogP contribution in [0.5, 0.6) is 0 Å². The van der Waals surface area contributed by atoms with E-state index in [4.69, 9.17) is 9.47 Å². The molecule has 0 saturated carbocycles. The van der Waals surface area contributed by atoms with Crippen LogP contribution in [0.25, 0.3) is 0 Å². The summed E-state index contributed by atoms with van der Waals surface area (Å²) in [5.41, 5.74) is 0. The van der Waals surface area contributed by atoms with E-state index >= 15 is 0 Å². The zero-order valence-corrected chi connectivity index (χ0v) is 13.7. The molecule has 0 aromatic carbocycles. The number of anilines is 2. The fourth-order valence-corrected chi connectivity index (χ4v) is 2.00. The number of aryl methyl sites for hydroxylation is 1. The van der Waals surface area contributed by atoms with Crippen molar-refractivity contribution in [1.29, 1.82) is 0 Å². The number of ether oxygens (including phenoxy) is 2. The fourth-order valence-electron chi connectivity index (χ4n) is 2.00. The Balaban J connectivity index is 2.96. The minimum atomic E-state index is 0.660. The molecule has 1 aromatic heterocycles. The van der Waals surface area contributed by atoms with Crippen molar-refractivity contribution in [3.8, 4) is 0 Å². The second kappa shape index (κ2) is 10.3. The molecule has 0 aliphatic carbocycles. The molecular formula is C15H28N4O2. The van der Waals surface area contributed by atoms with Crippen molar-refractivity contribution in [1.82, 2.24) is 9.97 Å². The quantitative estimate of drug-likeness (QED) is 0.673. The van der Waals surface area contributed by atoms with E-state index in [1.807, 2.05) is 6.07 Å². The molecule has 1 N–H and O–H groups in total. The molecule has 0 fully saturated rings. The molecule has 0 amide bonds. The lowest BCUT2D eigenvalue weighted by atomic mass is 10.3. The number of hydrogen-bond acceptors (Lipinski definition) is 6. The van der Waals surface area contributed by atoms with Gasteiger partial charge in [0.1, 0.15) is 17.5 Å². The highest BCUT2D eigenvalue weighted by Gasteiger charge is 2.11. The molecule has 21 heavy (non-hydrogen) atoms. The van der Waals surface area contributed by atoms with Gasteiger partial charge in [0.05, 0.1) is 13.2 Å². The molecular weight excluding hydrogens is 268 g/mol. The average molecular weight is 296 g/mol. The van der Waals surface area contributed by atoms with Crippen molar-refractivity contribution < 1.29 is 9.47 Å². The van der Waals surface area contributed by atoms with Gasteiger partial charge in [-0.15, -0.1) is 0 Å². The van der Waals surface area contributed by atoms with Gasteiger partial charge in [-0.2, -0.15) is 0 Å². The summed E-state index contributed by atoms with van der Waals surface area (Å²) in [6.45, 7) is 7.94. The summed E-state index contributed by atoms with van der Waals surface area (Å²) >= 11 is 0. The Bertz CT molecular complexity index is 369. The molecule has 0 bridgehead atoms. The predicted molar refractivity (Wildman–Crippen MR) is 86.2 cm³/mol. The monoisotopic (exact) mass is 296 g/mol. The third-order valence-electron chi connectivity index (χ3n) is 3.05. The maximum absolute atomic E-state index is 5.19. The van der Waals surface area contributed by atoms with Gasteiger partial charge in [0.25, 0.3) is 0 Å². The van der Waals surface area contributed by atoms with Crippen LogP contribution in [-0.4, -0.2) is 57.0 Å². The van der Waals surface area contributed by atoms with E-state index in [1.165, 1.54) is 0 Å². The van der Waals surface area contributed by atoms with Crippen LogP contribution in [0.3, 0.4) is 0 Å². The zero-order chi connectivity index (χ0) is 15.5. The molecule has 0 saturated heterocycles. The first-order valence-corrected chi connectivity index (χ1v) is 7.59. The second-order valence-electron chi connectivity index (χ2n) is 4.78. The molecule has 1 rings (SSSR count). The minimum absolute atomic E-state index is 0.660. The van der Waals surface area contributed by atoms with E-state index in [1.54, 1.807) is 14.2 Å². The third-order valence-corrected chi connectivity index (χ3v) is 3.05. The summed E-state index contributed by atoms with van der Waals surface area (Å²) in [5, 5.41) is 3.27. The molecule has 0 aliphatic heterocycles. The largest absolute Gasteiger partial charge is 0.383 e. The van der Waals surface area contributed by atoms with Gasteiger partial charge >= 0.3 is 0 Å². The smallest absolute Gasteiger partial charge is 0.134 e. The summed E-state index contributed by atoms with van der Waals surface area (Å²) in [4.78, 5) is 11.4. The van der Waals surface area contributed by atoms with E-state index in [2.05, 4.69) is 34.0 Å². The number of rotatable bonds is 11. The maximum atomic E-state index is 5.19. The van der Waals surface area contributed by atoms with Gasteiger partial charge in [-0.05, 0) is 13.3 Å². The second-order valence-corrected chi connectivity index (χ2v) is 4.78. The van der Waals surface area contributed by atoms with Crippen molar-refractivity contribution >= 4 is 11.6 Å². The highest BCUT2D eigenvalue weighted by atomic mass is 16.5. The zero-order valence-electron chi connectivity index (χ0n) is 13.7. The molecule has 0 atom stereocenters. The van der Waals surface area contributed by atoms with Gasteiger partial charge in [0.15, 0.2) is 0 Å². The summed E-state index contributed by atoms with van der Waals surface area (Å²) < 4.78 is 10.4. The number of nitrogens with one attached hydrogen (secondary N) is 1. The van der Waals surface area contributed by atoms with Crippen LogP contribution in [0.1, 0.15) is 26.1 Å². The van der Waals surface area contributed by atoms with Gasteiger partial charge in [-0.25, -0.2) is 9.97 Å². The molecule has 0 aliphatic rings. The van der Waals surface area contributed by atoms with Crippen LogP contribution in [-0.2, 0) is 15.9 Å². The third kappa shape index (κ3) is 6.27. The van der Waals surface area contributed by atoms with Crippen molar-refractivity contribution in [3.05, 3.63) is 11.9 Å². The Morgan fingerprint density at radius 3 is 2.29 bits per heavy atom. The number of aromatic nitrogens is 2.